The molecule has 2 aliphatic rings. The van der Waals surface area contributed by atoms with Crippen molar-refractivity contribution in [2.24, 2.45) is 0 Å². The highest BCUT2D eigenvalue weighted by Crippen LogP contribution is 2.43. The lowest BCUT2D eigenvalue weighted by molar-refractivity contribution is 0.0949. The second kappa shape index (κ2) is 8.91. The van der Waals surface area contributed by atoms with E-state index in [1.807, 2.05) is 30.3 Å². The summed E-state index contributed by atoms with van der Waals surface area (Å²) < 4.78 is 1.08. The number of rotatable bonds is 5. The van der Waals surface area contributed by atoms with Crippen LogP contribution in [0.1, 0.15) is 45.0 Å². The van der Waals surface area contributed by atoms with E-state index >= 15 is 0 Å². The highest BCUT2D eigenvalue weighted by molar-refractivity contribution is 7.18. The van der Waals surface area contributed by atoms with Crippen LogP contribution >= 0.6 is 11.3 Å². The molecule has 3 heterocycles. The molecule has 6 rings (SSSR count). The fourth-order valence-corrected chi connectivity index (χ4v) is 6.16. The topological polar surface area (TPSA) is 78.1 Å². The number of allylic oxidation sites excluding steroid dienone is 1. The minimum absolute atomic E-state index is 0.125. The van der Waals surface area contributed by atoms with Crippen LogP contribution in [0.4, 0.5) is 0 Å². The average molecular weight is 483 g/mol. The molecule has 4 aromatic rings. The van der Waals surface area contributed by atoms with Crippen molar-refractivity contribution < 1.29 is 4.79 Å². The summed E-state index contributed by atoms with van der Waals surface area (Å²) in [4.78, 5) is 35.1. The van der Waals surface area contributed by atoms with Crippen molar-refractivity contribution in [1.29, 1.82) is 0 Å². The molecule has 2 aromatic carbocycles. The minimum atomic E-state index is -0.386. The molecule has 176 valence electrons. The third kappa shape index (κ3) is 4.22. The van der Waals surface area contributed by atoms with Crippen molar-refractivity contribution in [3.63, 3.8) is 0 Å². The molecule has 0 saturated carbocycles. The summed E-state index contributed by atoms with van der Waals surface area (Å²) in [6, 6.07) is 20.0. The summed E-state index contributed by atoms with van der Waals surface area (Å²) in [6.07, 6.45) is 6.76. The second-order valence-corrected chi connectivity index (χ2v) is 10.5. The van der Waals surface area contributed by atoms with E-state index in [4.69, 9.17) is 0 Å². The maximum atomic E-state index is 12.7. The first-order chi connectivity index (χ1) is 17.1. The number of amides is 1. The molecule has 2 aromatic heterocycles. The molecule has 6 nitrogen and oxygen atoms in total. The second-order valence-electron chi connectivity index (χ2n) is 9.34. The Morgan fingerprint density at radius 2 is 1.86 bits per heavy atom. The summed E-state index contributed by atoms with van der Waals surface area (Å²) in [7, 11) is 0. The van der Waals surface area contributed by atoms with Gasteiger partial charge in [-0.05, 0) is 61.3 Å². The molecule has 35 heavy (non-hydrogen) atoms. The van der Waals surface area contributed by atoms with Gasteiger partial charge in [0.2, 0.25) is 0 Å². The molecule has 2 N–H and O–H groups in total. The molecule has 1 amide bonds. The first kappa shape index (κ1) is 21.9. The Kier molecular flexibility index (Phi) is 5.59. The lowest BCUT2D eigenvalue weighted by Crippen LogP contribution is -2.41. The molecule has 1 aliphatic heterocycles. The number of nitrogens with zero attached hydrogens (tertiary/aromatic N) is 2. The maximum absolute atomic E-state index is 12.7. The Balaban J connectivity index is 1.07. The fourth-order valence-electron chi connectivity index (χ4n) is 5.25. The van der Waals surface area contributed by atoms with Crippen LogP contribution in [0.5, 0.6) is 0 Å². The number of carbonyl (C=O) groups excluding carboxylic acids is 1. The predicted octanol–water partition coefficient (Wildman–Crippen LogP) is 4.48. The molecule has 1 spiro atoms. The molecule has 1 saturated heterocycles. The van der Waals surface area contributed by atoms with Gasteiger partial charge in [0.15, 0.2) is 0 Å². The minimum Gasteiger partial charge on any atom is -0.345 e. The van der Waals surface area contributed by atoms with Gasteiger partial charge in [-0.2, -0.15) is 0 Å². The van der Waals surface area contributed by atoms with Crippen molar-refractivity contribution in [1.82, 2.24) is 20.2 Å². The van der Waals surface area contributed by atoms with Gasteiger partial charge in [-0.3, -0.25) is 14.5 Å². The van der Waals surface area contributed by atoms with Crippen LogP contribution in [0, 0.1) is 0 Å². The summed E-state index contributed by atoms with van der Waals surface area (Å²) in [6.45, 7) is 2.90. The van der Waals surface area contributed by atoms with E-state index in [1.165, 1.54) is 11.1 Å². The van der Waals surface area contributed by atoms with Gasteiger partial charge in [-0.25, -0.2) is 4.98 Å². The molecule has 0 atom stereocenters. The summed E-state index contributed by atoms with van der Waals surface area (Å²) in [5.41, 5.74) is 4.44. The molecular formula is C28H26N4O2S. The Morgan fingerprint density at radius 1 is 1.06 bits per heavy atom. The van der Waals surface area contributed by atoms with Crippen molar-refractivity contribution in [3.05, 3.63) is 104 Å². The molecule has 7 heteroatoms. The molecule has 1 aliphatic carbocycles. The highest BCUT2D eigenvalue weighted by atomic mass is 32.1. The van der Waals surface area contributed by atoms with Crippen LogP contribution in [0.3, 0.4) is 0 Å². The number of thiazole rings is 1. The average Bonchev–Trinajstić information content (AvgIpc) is 3.46. The van der Waals surface area contributed by atoms with E-state index in [0.717, 1.165) is 46.8 Å². The molecule has 0 bridgehead atoms. The molecule has 0 radical (unpaired) electrons. The number of nitrogens with one attached hydrogen (secondary N) is 2. The van der Waals surface area contributed by atoms with Crippen molar-refractivity contribution in [3.8, 4) is 0 Å². The molecular weight excluding hydrogens is 456 g/mol. The van der Waals surface area contributed by atoms with Gasteiger partial charge >= 0.3 is 0 Å². The number of hydrogen-bond donors (Lipinski definition) is 2. The lowest BCUT2D eigenvalue weighted by Gasteiger charge is -2.39. The Bertz CT molecular complexity index is 1460. The quantitative estimate of drug-likeness (QED) is 0.440. The fraction of sp³-hybridized carbons (Fsp3) is 0.250. The number of aromatic nitrogens is 2. The monoisotopic (exact) mass is 482 g/mol. The van der Waals surface area contributed by atoms with Crippen molar-refractivity contribution >= 4 is 33.5 Å². The third-order valence-electron chi connectivity index (χ3n) is 7.17. The Morgan fingerprint density at radius 3 is 2.69 bits per heavy atom. The van der Waals surface area contributed by atoms with Gasteiger partial charge in [-0.15, -0.1) is 11.3 Å². The van der Waals surface area contributed by atoms with Gasteiger partial charge in [-0.1, -0.05) is 48.6 Å². The van der Waals surface area contributed by atoms with Crippen LogP contribution in [0.2, 0.25) is 0 Å². The third-order valence-corrected chi connectivity index (χ3v) is 8.21. The van der Waals surface area contributed by atoms with Crippen LogP contribution in [0.15, 0.2) is 71.5 Å². The first-order valence-corrected chi connectivity index (χ1v) is 12.8. The van der Waals surface area contributed by atoms with Crippen molar-refractivity contribution in [2.45, 2.75) is 31.3 Å². The van der Waals surface area contributed by atoms with E-state index in [-0.39, 0.29) is 22.4 Å². The van der Waals surface area contributed by atoms with E-state index in [2.05, 4.69) is 56.6 Å². The van der Waals surface area contributed by atoms with Crippen LogP contribution in [0.25, 0.3) is 16.3 Å². The standard InChI is InChI=1S/C28H26N4O2S/c33-26(29-17-25-31-23-7-3-4-8-24(23)35-25)21-10-9-20(30-27(21)34)18-32-15-13-28(14-16-32)12-11-19-5-1-2-6-22(19)28/h1-12H,13-18H2,(H,29,33)(H,30,34). The number of likely N-dealkylation sites (tertiary alicyclic amines) is 1. The number of hydrogen-bond acceptors (Lipinski definition) is 5. The summed E-state index contributed by atoms with van der Waals surface area (Å²) >= 11 is 1.54. The van der Waals surface area contributed by atoms with Crippen LogP contribution in [-0.2, 0) is 18.5 Å². The zero-order valence-corrected chi connectivity index (χ0v) is 20.1. The van der Waals surface area contributed by atoms with E-state index in [9.17, 15) is 9.59 Å². The smallest absolute Gasteiger partial charge is 0.261 e. The summed E-state index contributed by atoms with van der Waals surface area (Å²) in [5, 5.41) is 3.64. The molecule has 1 fully saturated rings. The molecule has 0 unspecified atom stereocenters. The number of carbonyl (C=O) groups is 1. The number of H-pyrrole nitrogens is 1. The lowest BCUT2D eigenvalue weighted by atomic mass is 9.74. The van der Waals surface area contributed by atoms with Crippen molar-refractivity contribution in [2.75, 3.05) is 13.1 Å². The van der Waals surface area contributed by atoms with E-state index in [1.54, 1.807) is 17.4 Å². The Hall–Kier alpha value is -3.55. The normalized spacial score (nSPS) is 16.6. The zero-order valence-electron chi connectivity index (χ0n) is 19.3. The van der Waals surface area contributed by atoms with Crippen LogP contribution in [-0.4, -0.2) is 33.9 Å². The SMILES string of the molecule is O=C(NCc1nc2ccccc2s1)c1ccc(CN2CCC3(C=Cc4ccccc43)CC2)[nH]c1=O. The number of benzene rings is 2. The largest absolute Gasteiger partial charge is 0.345 e. The highest BCUT2D eigenvalue weighted by Gasteiger charge is 2.37. The zero-order chi connectivity index (χ0) is 23.8. The number of aromatic amines is 1. The number of fused-ring (bicyclic) bond motifs is 3. The van der Waals surface area contributed by atoms with Gasteiger partial charge in [0.25, 0.3) is 11.5 Å². The van der Waals surface area contributed by atoms with E-state index < -0.39 is 0 Å². The number of para-hydroxylation sites is 1. The Labute approximate surface area is 207 Å². The summed E-state index contributed by atoms with van der Waals surface area (Å²) in [5.74, 6) is -0.386. The van der Waals surface area contributed by atoms with Gasteiger partial charge in [0, 0.05) is 17.7 Å². The van der Waals surface area contributed by atoms with Gasteiger partial charge in [0.1, 0.15) is 10.6 Å². The number of pyridine rings is 1. The van der Waals surface area contributed by atoms with E-state index in [0.29, 0.717) is 13.1 Å². The van der Waals surface area contributed by atoms with Gasteiger partial charge in [0.05, 0.1) is 16.8 Å². The maximum Gasteiger partial charge on any atom is 0.261 e. The van der Waals surface area contributed by atoms with Gasteiger partial charge < -0.3 is 10.3 Å². The first-order valence-electron chi connectivity index (χ1n) is 12.0. The van der Waals surface area contributed by atoms with Crippen LogP contribution < -0.4 is 10.9 Å². The predicted molar refractivity (Wildman–Crippen MR) is 140 cm³/mol. The number of piperidine rings is 1.